The highest BCUT2D eigenvalue weighted by Crippen LogP contribution is 2.26. The molecule has 0 amide bonds. The lowest BCUT2D eigenvalue weighted by molar-refractivity contribution is 0.265. The fourth-order valence-corrected chi connectivity index (χ4v) is 2.37. The molecule has 1 aromatic carbocycles. The van der Waals surface area contributed by atoms with E-state index >= 15 is 0 Å². The summed E-state index contributed by atoms with van der Waals surface area (Å²) in [4.78, 5) is 0. The van der Waals surface area contributed by atoms with E-state index in [-0.39, 0.29) is 5.41 Å². The monoisotopic (exact) mass is 263 g/mol. The second kappa shape index (κ2) is 7.54. The van der Waals surface area contributed by atoms with Gasteiger partial charge >= 0.3 is 0 Å². The molecular weight excluding hydrogens is 234 g/mol. The van der Waals surface area contributed by atoms with Crippen molar-refractivity contribution in [1.29, 1.82) is 0 Å². The molecule has 2 heteroatoms. The first-order valence-corrected chi connectivity index (χ1v) is 7.37. The van der Waals surface area contributed by atoms with E-state index in [0.29, 0.717) is 6.04 Å². The van der Waals surface area contributed by atoms with Crippen molar-refractivity contribution < 1.29 is 4.74 Å². The zero-order chi connectivity index (χ0) is 14.3. The summed E-state index contributed by atoms with van der Waals surface area (Å²) in [6.07, 6.45) is 3.24. The van der Waals surface area contributed by atoms with Gasteiger partial charge in [0.25, 0.3) is 0 Å². The summed E-state index contributed by atoms with van der Waals surface area (Å²) in [6, 6.07) is 8.93. The third kappa shape index (κ3) is 5.23. The van der Waals surface area contributed by atoms with Crippen LogP contribution in [-0.2, 0) is 6.42 Å². The zero-order valence-electron chi connectivity index (χ0n) is 13.1. The standard InChI is InChI=1S/C17H29NO/c1-6-13-19-15-10-8-7-9-14(15)11-12-16(18-5)17(2,3)4/h7-10,16,18H,6,11-13H2,1-5H3. The van der Waals surface area contributed by atoms with Crippen molar-refractivity contribution in [3.05, 3.63) is 29.8 Å². The molecule has 1 aromatic rings. The molecule has 0 fully saturated rings. The Hall–Kier alpha value is -1.02. The number of aryl methyl sites for hydroxylation is 1. The summed E-state index contributed by atoms with van der Waals surface area (Å²) in [5, 5.41) is 3.43. The van der Waals surface area contributed by atoms with E-state index in [4.69, 9.17) is 4.74 Å². The molecule has 1 unspecified atom stereocenters. The summed E-state index contributed by atoms with van der Waals surface area (Å²) in [6.45, 7) is 9.79. The average molecular weight is 263 g/mol. The highest BCUT2D eigenvalue weighted by molar-refractivity contribution is 5.33. The Labute approximate surface area is 118 Å². The van der Waals surface area contributed by atoms with E-state index in [9.17, 15) is 0 Å². The van der Waals surface area contributed by atoms with Gasteiger partial charge in [0.05, 0.1) is 6.61 Å². The van der Waals surface area contributed by atoms with Crippen LogP contribution >= 0.6 is 0 Å². The predicted octanol–water partition coefficient (Wildman–Crippen LogP) is 4.04. The molecule has 0 heterocycles. The van der Waals surface area contributed by atoms with Crippen LogP contribution in [0.4, 0.5) is 0 Å². The fourth-order valence-electron chi connectivity index (χ4n) is 2.37. The SMILES string of the molecule is CCCOc1ccccc1CCC(NC)C(C)(C)C. The van der Waals surface area contributed by atoms with Crippen LogP contribution in [0.1, 0.15) is 46.1 Å². The van der Waals surface area contributed by atoms with Crippen molar-refractivity contribution >= 4 is 0 Å². The van der Waals surface area contributed by atoms with Gasteiger partial charge in [0.1, 0.15) is 5.75 Å². The predicted molar refractivity (Wildman–Crippen MR) is 82.9 cm³/mol. The first-order valence-electron chi connectivity index (χ1n) is 7.37. The van der Waals surface area contributed by atoms with E-state index in [1.807, 2.05) is 6.07 Å². The zero-order valence-corrected chi connectivity index (χ0v) is 13.1. The van der Waals surface area contributed by atoms with E-state index in [1.165, 1.54) is 5.56 Å². The van der Waals surface area contributed by atoms with E-state index in [0.717, 1.165) is 31.6 Å². The summed E-state index contributed by atoms with van der Waals surface area (Å²) < 4.78 is 5.82. The second-order valence-electron chi connectivity index (χ2n) is 6.20. The van der Waals surface area contributed by atoms with Crippen LogP contribution in [0.2, 0.25) is 0 Å². The summed E-state index contributed by atoms with van der Waals surface area (Å²) in [5.74, 6) is 1.05. The first kappa shape index (κ1) is 16.0. The van der Waals surface area contributed by atoms with Crippen molar-refractivity contribution in [3.8, 4) is 5.75 Å². The molecule has 1 N–H and O–H groups in total. The topological polar surface area (TPSA) is 21.3 Å². The van der Waals surface area contributed by atoms with Crippen molar-refractivity contribution in [1.82, 2.24) is 5.32 Å². The van der Waals surface area contributed by atoms with Crippen LogP contribution in [0.15, 0.2) is 24.3 Å². The molecule has 108 valence electrons. The maximum Gasteiger partial charge on any atom is 0.122 e. The number of hydrogen-bond donors (Lipinski definition) is 1. The average Bonchev–Trinajstić information content (AvgIpc) is 2.36. The third-order valence-corrected chi connectivity index (χ3v) is 3.53. The van der Waals surface area contributed by atoms with Gasteiger partial charge in [-0.1, -0.05) is 45.9 Å². The molecule has 0 spiro atoms. The molecule has 0 aliphatic heterocycles. The van der Waals surface area contributed by atoms with Crippen LogP contribution in [0.5, 0.6) is 5.75 Å². The molecular formula is C17H29NO. The fraction of sp³-hybridized carbons (Fsp3) is 0.647. The molecule has 0 aliphatic rings. The number of ether oxygens (including phenoxy) is 1. The Balaban J connectivity index is 2.66. The number of rotatable bonds is 7. The van der Waals surface area contributed by atoms with E-state index in [1.54, 1.807) is 0 Å². The van der Waals surface area contributed by atoms with Crippen molar-refractivity contribution in [2.45, 2.75) is 53.0 Å². The van der Waals surface area contributed by atoms with Gasteiger partial charge in [0.2, 0.25) is 0 Å². The summed E-state index contributed by atoms with van der Waals surface area (Å²) >= 11 is 0. The Morgan fingerprint density at radius 3 is 2.47 bits per heavy atom. The lowest BCUT2D eigenvalue weighted by atomic mass is 9.83. The maximum atomic E-state index is 5.82. The molecule has 0 aliphatic carbocycles. The van der Waals surface area contributed by atoms with Crippen LogP contribution < -0.4 is 10.1 Å². The van der Waals surface area contributed by atoms with Gasteiger partial charge in [-0.15, -0.1) is 0 Å². The Kier molecular flexibility index (Phi) is 6.36. The van der Waals surface area contributed by atoms with Gasteiger partial charge in [0.15, 0.2) is 0 Å². The summed E-state index contributed by atoms with van der Waals surface area (Å²) in [7, 11) is 2.05. The molecule has 1 atom stereocenters. The lowest BCUT2D eigenvalue weighted by Crippen LogP contribution is -2.38. The van der Waals surface area contributed by atoms with Crippen LogP contribution in [0.25, 0.3) is 0 Å². The largest absolute Gasteiger partial charge is 0.493 e. The first-order chi connectivity index (χ1) is 8.99. The Bertz CT molecular complexity index is 368. The number of nitrogens with one attached hydrogen (secondary N) is 1. The molecule has 0 aromatic heterocycles. The van der Waals surface area contributed by atoms with Crippen molar-refractivity contribution in [3.63, 3.8) is 0 Å². The number of benzene rings is 1. The Morgan fingerprint density at radius 1 is 1.21 bits per heavy atom. The van der Waals surface area contributed by atoms with Gasteiger partial charge in [-0.25, -0.2) is 0 Å². The molecule has 2 nitrogen and oxygen atoms in total. The molecule has 0 bridgehead atoms. The van der Waals surface area contributed by atoms with E-state index in [2.05, 4.69) is 58.3 Å². The highest BCUT2D eigenvalue weighted by Gasteiger charge is 2.22. The van der Waals surface area contributed by atoms with Gasteiger partial charge in [-0.3, -0.25) is 0 Å². The van der Waals surface area contributed by atoms with Gasteiger partial charge in [-0.05, 0) is 43.4 Å². The van der Waals surface area contributed by atoms with Gasteiger partial charge in [-0.2, -0.15) is 0 Å². The van der Waals surface area contributed by atoms with Crippen LogP contribution in [0, 0.1) is 5.41 Å². The maximum absolute atomic E-state index is 5.82. The normalized spacial score (nSPS) is 13.3. The van der Waals surface area contributed by atoms with Gasteiger partial charge in [0, 0.05) is 6.04 Å². The summed E-state index contributed by atoms with van der Waals surface area (Å²) in [5.41, 5.74) is 1.61. The molecule has 0 radical (unpaired) electrons. The van der Waals surface area contributed by atoms with Crippen LogP contribution in [0.3, 0.4) is 0 Å². The van der Waals surface area contributed by atoms with Crippen molar-refractivity contribution in [2.24, 2.45) is 5.41 Å². The lowest BCUT2D eigenvalue weighted by Gasteiger charge is -2.30. The number of para-hydroxylation sites is 1. The number of hydrogen-bond acceptors (Lipinski definition) is 2. The molecule has 0 saturated carbocycles. The smallest absolute Gasteiger partial charge is 0.122 e. The second-order valence-corrected chi connectivity index (χ2v) is 6.20. The Morgan fingerprint density at radius 2 is 1.89 bits per heavy atom. The minimum Gasteiger partial charge on any atom is -0.493 e. The quantitative estimate of drug-likeness (QED) is 0.801. The van der Waals surface area contributed by atoms with Crippen LogP contribution in [-0.4, -0.2) is 19.7 Å². The third-order valence-electron chi connectivity index (χ3n) is 3.53. The minimum atomic E-state index is 0.286. The molecule has 19 heavy (non-hydrogen) atoms. The van der Waals surface area contributed by atoms with Crippen molar-refractivity contribution in [2.75, 3.05) is 13.7 Å². The highest BCUT2D eigenvalue weighted by atomic mass is 16.5. The van der Waals surface area contributed by atoms with E-state index < -0.39 is 0 Å². The molecule has 0 saturated heterocycles. The minimum absolute atomic E-state index is 0.286. The molecule has 1 rings (SSSR count). The van der Waals surface area contributed by atoms with Gasteiger partial charge < -0.3 is 10.1 Å².